The molecule has 1 saturated heterocycles. The van der Waals surface area contributed by atoms with Gasteiger partial charge in [-0.05, 0) is 25.8 Å². The summed E-state index contributed by atoms with van der Waals surface area (Å²) in [6, 6.07) is 3.77. The Morgan fingerprint density at radius 2 is 2.47 bits per heavy atom. The molecule has 2 rings (SSSR count). The predicted molar refractivity (Wildman–Crippen MR) is 67.1 cm³/mol. The van der Waals surface area contributed by atoms with E-state index >= 15 is 0 Å². The molecule has 2 atom stereocenters. The van der Waals surface area contributed by atoms with Crippen molar-refractivity contribution in [1.29, 1.82) is 0 Å². The largest absolute Gasteiger partial charge is 0.389 e. The van der Waals surface area contributed by atoms with E-state index in [0.717, 1.165) is 37.4 Å². The van der Waals surface area contributed by atoms with Crippen molar-refractivity contribution in [1.82, 2.24) is 4.98 Å². The maximum Gasteiger partial charge on any atom is 0.134 e. The molecular formula is C13H20N2O2. The van der Waals surface area contributed by atoms with Crippen LogP contribution in [0.4, 0.5) is 5.82 Å². The first kappa shape index (κ1) is 12.3. The minimum atomic E-state index is -0.495. The van der Waals surface area contributed by atoms with E-state index in [0.29, 0.717) is 6.10 Å². The first-order valence-electron chi connectivity index (χ1n) is 6.14. The number of rotatable bonds is 4. The van der Waals surface area contributed by atoms with E-state index in [1.807, 2.05) is 19.2 Å². The van der Waals surface area contributed by atoms with E-state index in [1.165, 1.54) is 0 Å². The van der Waals surface area contributed by atoms with Crippen molar-refractivity contribution in [3.8, 4) is 0 Å². The molecule has 0 aliphatic carbocycles. The second kappa shape index (κ2) is 5.47. The first-order valence-corrected chi connectivity index (χ1v) is 6.14. The summed E-state index contributed by atoms with van der Waals surface area (Å²) in [7, 11) is 2.00. The summed E-state index contributed by atoms with van der Waals surface area (Å²) >= 11 is 0. The summed E-state index contributed by atoms with van der Waals surface area (Å²) in [6.45, 7) is 3.46. The number of anilines is 1. The number of pyridine rings is 1. The van der Waals surface area contributed by atoms with Gasteiger partial charge >= 0.3 is 0 Å². The van der Waals surface area contributed by atoms with Gasteiger partial charge in [0.2, 0.25) is 0 Å². The molecule has 1 fully saturated rings. The number of aliphatic hydroxyl groups is 1. The third-order valence-corrected chi connectivity index (χ3v) is 3.13. The van der Waals surface area contributed by atoms with Gasteiger partial charge in [-0.25, -0.2) is 4.98 Å². The highest BCUT2D eigenvalue weighted by molar-refractivity contribution is 5.47. The van der Waals surface area contributed by atoms with Crippen LogP contribution in [0.5, 0.6) is 0 Å². The van der Waals surface area contributed by atoms with Gasteiger partial charge in [0.05, 0.1) is 12.2 Å². The molecule has 17 heavy (non-hydrogen) atoms. The van der Waals surface area contributed by atoms with Crippen LogP contribution in [0.15, 0.2) is 18.3 Å². The molecule has 94 valence electrons. The van der Waals surface area contributed by atoms with Crippen molar-refractivity contribution < 1.29 is 9.84 Å². The van der Waals surface area contributed by atoms with Gasteiger partial charge in [0.15, 0.2) is 0 Å². The number of nitrogens with zero attached hydrogens (tertiary/aromatic N) is 2. The van der Waals surface area contributed by atoms with Gasteiger partial charge in [-0.2, -0.15) is 0 Å². The van der Waals surface area contributed by atoms with E-state index in [1.54, 1.807) is 13.1 Å². The fraction of sp³-hybridized carbons (Fsp3) is 0.615. The van der Waals surface area contributed by atoms with Gasteiger partial charge in [0.1, 0.15) is 5.82 Å². The Balaban J connectivity index is 2.09. The molecule has 2 heterocycles. The summed E-state index contributed by atoms with van der Waals surface area (Å²) in [5.74, 6) is 0.845. The molecule has 4 nitrogen and oxygen atoms in total. The van der Waals surface area contributed by atoms with Gasteiger partial charge in [0.25, 0.3) is 0 Å². The zero-order chi connectivity index (χ0) is 12.3. The van der Waals surface area contributed by atoms with Crippen LogP contribution >= 0.6 is 0 Å². The Bertz CT molecular complexity index is 362. The Morgan fingerprint density at radius 1 is 1.65 bits per heavy atom. The average molecular weight is 236 g/mol. The molecule has 0 bridgehead atoms. The molecule has 1 N–H and O–H groups in total. The second-order valence-corrected chi connectivity index (χ2v) is 4.61. The molecule has 1 aromatic rings. The number of likely N-dealkylation sites (N-methyl/N-ethyl adjacent to an activating group) is 1. The summed E-state index contributed by atoms with van der Waals surface area (Å²) in [5.41, 5.74) is 0.869. The third kappa shape index (κ3) is 2.96. The maximum absolute atomic E-state index is 9.72. The van der Waals surface area contributed by atoms with Crippen LogP contribution in [0.3, 0.4) is 0 Å². The number of ether oxygens (including phenoxy) is 1. The minimum absolute atomic E-state index is 0.295. The number of aromatic nitrogens is 1. The van der Waals surface area contributed by atoms with Crippen LogP contribution < -0.4 is 4.90 Å². The lowest BCUT2D eigenvalue weighted by Gasteiger charge is -2.24. The van der Waals surface area contributed by atoms with E-state index in [-0.39, 0.29) is 0 Å². The highest BCUT2D eigenvalue weighted by Crippen LogP contribution is 2.24. The van der Waals surface area contributed by atoms with Crippen LogP contribution in [0.25, 0.3) is 0 Å². The topological polar surface area (TPSA) is 45.6 Å². The van der Waals surface area contributed by atoms with Crippen LogP contribution in [-0.4, -0.2) is 36.4 Å². The Labute approximate surface area is 102 Å². The lowest BCUT2D eigenvalue weighted by molar-refractivity contribution is 0.116. The van der Waals surface area contributed by atoms with E-state index in [2.05, 4.69) is 9.88 Å². The van der Waals surface area contributed by atoms with Gasteiger partial charge in [-0.3, -0.25) is 0 Å². The zero-order valence-corrected chi connectivity index (χ0v) is 10.5. The van der Waals surface area contributed by atoms with Crippen LogP contribution in [0.1, 0.15) is 31.4 Å². The normalized spacial score (nSPS) is 21.5. The fourth-order valence-corrected chi connectivity index (χ4v) is 2.23. The second-order valence-electron chi connectivity index (χ2n) is 4.61. The molecule has 0 radical (unpaired) electrons. The van der Waals surface area contributed by atoms with Crippen molar-refractivity contribution in [2.45, 2.75) is 32.0 Å². The van der Waals surface area contributed by atoms with Gasteiger partial charge in [-0.15, -0.1) is 0 Å². The molecule has 0 spiro atoms. The molecule has 1 aliphatic rings. The summed E-state index contributed by atoms with van der Waals surface area (Å²) in [4.78, 5) is 6.42. The molecule has 1 aromatic heterocycles. The van der Waals surface area contributed by atoms with Crippen molar-refractivity contribution in [3.63, 3.8) is 0 Å². The zero-order valence-electron chi connectivity index (χ0n) is 10.5. The molecule has 0 amide bonds. The Morgan fingerprint density at radius 3 is 3.12 bits per heavy atom. The van der Waals surface area contributed by atoms with Crippen LogP contribution in [0.2, 0.25) is 0 Å². The number of aliphatic hydroxyl groups excluding tert-OH is 1. The molecule has 1 aliphatic heterocycles. The molecule has 0 aromatic carbocycles. The Kier molecular flexibility index (Phi) is 3.97. The van der Waals surface area contributed by atoms with Crippen molar-refractivity contribution in [2.75, 3.05) is 25.1 Å². The van der Waals surface area contributed by atoms with E-state index < -0.39 is 6.10 Å². The first-order chi connectivity index (χ1) is 8.18. The number of hydrogen-bond acceptors (Lipinski definition) is 4. The highest BCUT2D eigenvalue weighted by Gasteiger charge is 2.20. The average Bonchev–Trinajstić information content (AvgIpc) is 2.81. The SMILES string of the molecule is C[C@H](O)c1cccnc1N(C)CC1CCCO1. The monoisotopic (exact) mass is 236 g/mol. The van der Waals surface area contributed by atoms with Gasteiger partial charge in [-0.1, -0.05) is 6.07 Å². The Hall–Kier alpha value is -1.13. The highest BCUT2D eigenvalue weighted by atomic mass is 16.5. The van der Waals surface area contributed by atoms with E-state index in [9.17, 15) is 5.11 Å². The van der Waals surface area contributed by atoms with Gasteiger partial charge < -0.3 is 14.7 Å². The van der Waals surface area contributed by atoms with E-state index in [4.69, 9.17) is 4.74 Å². The van der Waals surface area contributed by atoms with Crippen molar-refractivity contribution >= 4 is 5.82 Å². The molecule has 4 heteroatoms. The summed E-state index contributed by atoms with van der Waals surface area (Å²) in [5, 5.41) is 9.72. The fourth-order valence-electron chi connectivity index (χ4n) is 2.23. The smallest absolute Gasteiger partial charge is 0.134 e. The maximum atomic E-state index is 9.72. The van der Waals surface area contributed by atoms with Crippen LogP contribution in [-0.2, 0) is 4.74 Å². The lowest BCUT2D eigenvalue weighted by Crippen LogP contribution is -2.30. The lowest BCUT2D eigenvalue weighted by atomic mass is 10.1. The quantitative estimate of drug-likeness (QED) is 0.865. The minimum Gasteiger partial charge on any atom is -0.389 e. The summed E-state index contributed by atoms with van der Waals surface area (Å²) in [6.07, 6.45) is 3.81. The van der Waals surface area contributed by atoms with Crippen molar-refractivity contribution in [3.05, 3.63) is 23.9 Å². The molecular weight excluding hydrogens is 216 g/mol. The predicted octanol–water partition coefficient (Wildman–Crippen LogP) is 1.75. The summed E-state index contributed by atoms with van der Waals surface area (Å²) < 4.78 is 5.61. The van der Waals surface area contributed by atoms with Crippen LogP contribution in [0, 0.1) is 0 Å². The standard InChI is InChI=1S/C13H20N2O2/c1-10(16)12-6-3-7-14-13(12)15(2)9-11-5-4-8-17-11/h3,6-7,10-11,16H,4-5,8-9H2,1-2H3/t10-,11?/m0/s1. The molecule has 0 saturated carbocycles. The molecule has 1 unspecified atom stereocenters. The van der Waals surface area contributed by atoms with Crippen molar-refractivity contribution in [2.24, 2.45) is 0 Å². The third-order valence-electron chi connectivity index (χ3n) is 3.13. The van der Waals surface area contributed by atoms with Gasteiger partial charge in [0, 0.05) is 32.0 Å². The number of hydrogen-bond donors (Lipinski definition) is 1.